The predicted octanol–water partition coefficient (Wildman–Crippen LogP) is 1.75. The number of fused-ring (bicyclic) bond motifs is 7. The van der Waals surface area contributed by atoms with Crippen LogP contribution in [0.3, 0.4) is 0 Å². The van der Waals surface area contributed by atoms with Gasteiger partial charge < -0.3 is 54.0 Å². The van der Waals surface area contributed by atoms with Gasteiger partial charge in [-0.15, -0.1) is 0 Å². The van der Waals surface area contributed by atoms with Crippen molar-refractivity contribution >= 4 is 10.4 Å². The van der Waals surface area contributed by atoms with Gasteiger partial charge in [0.15, 0.2) is 18.4 Å². The summed E-state index contributed by atoms with van der Waals surface area (Å²) >= 11 is 0. The molecule has 306 valence electrons. The number of hydrogen-bond donors (Lipinski definition) is 6. The normalized spacial score (nSPS) is 54.7. The lowest BCUT2D eigenvalue weighted by Crippen LogP contribution is -2.63. The lowest BCUT2D eigenvalue weighted by Gasteiger charge is -2.60. The Hall–Kier alpha value is -1.09. The van der Waals surface area contributed by atoms with E-state index in [1.165, 1.54) is 6.92 Å². The van der Waals surface area contributed by atoms with Crippen LogP contribution in [0.2, 0.25) is 0 Å². The van der Waals surface area contributed by atoms with Crippen molar-refractivity contribution in [2.24, 2.45) is 40.4 Å². The van der Waals surface area contributed by atoms with E-state index >= 15 is 0 Å². The van der Waals surface area contributed by atoms with E-state index in [1.54, 1.807) is 0 Å². The van der Waals surface area contributed by atoms with Crippen LogP contribution in [0.1, 0.15) is 79.1 Å². The van der Waals surface area contributed by atoms with Crippen molar-refractivity contribution in [3.8, 4) is 0 Å². The largest absolute Gasteiger partial charge is 0.397 e. The van der Waals surface area contributed by atoms with Crippen LogP contribution in [0.25, 0.3) is 0 Å². The average molecular weight is 787 g/mol. The van der Waals surface area contributed by atoms with Gasteiger partial charge in [-0.1, -0.05) is 44.6 Å². The van der Waals surface area contributed by atoms with E-state index in [9.17, 15) is 38.5 Å². The molecule has 8 rings (SSSR count). The highest BCUT2D eigenvalue weighted by atomic mass is 32.3. The summed E-state index contributed by atoms with van der Waals surface area (Å²) in [6, 6.07) is 0. The van der Waals surface area contributed by atoms with E-state index in [0.29, 0.717) is 30.8 Å². The van der Waals surface area contributed by atoms with Crippen molar-refractivity contribution < 1.29 is 71.1 Å². The minimum atomic E-state index is -5.02. The fourth-order valence-electron chi connectivity index (χ4n) is 12.4. The first-order valence-electron chi connectivity index (χ1n) is 19.7. The van der Waals surface area contributed by atoms with Crippen LogP contribution < -0.4 is 0 Å². The van der Waals surface area contributed by atoms with E-state index in [0.717, 1.165) is 49.7 Å². The molecule has 3 saturated carbocycles. The Morgan fingerprint density at radius 1 is 0.944 bits per heavy atom. The van der Waals surface area contributed by atoms with Gasteiger partial charge in [-0.25, -0.2) is 4.18 Å². The molecule has 15 nitrogen and oxygen atoms in total. The molecular weight excluding hydrogens is 728 g/mol. The summed E-state index contributed by atoms with van der Waals surface area (Å²) in [4.78, 5) is 0. The molecule has 20 atom stereocenters. The highest BCUT2D eigenvalue weighted by Crippen LogP contribution is 2.71. The van der Waals surface area contributed by atoms with Crippen LogP contribution in [0.15, 0.2) is 23.8 Å². The third-order valence-electron chi connectivity index (χ3n) is 15.2. The molecule has 4 heterocycles. The molecule has 6 N–H and O–H groups in total. The van der Waals surface area contributed by atoms with Crippen molar-refractivity contribution in [1.29, 1.82) is 0 Å². The smallest absolute Gasteiger partial charge is 0.393 e. The van der Waals surface area contributed by atoms with Gasteiger partial charge in [-0.3, -0.25) is 4.55 Å². The quantitative estimate of drug-likeness (QED) is 0.167. The summed E-state index contributed by atoms with van der Waals surface area (Å²) < 4.78 is 75.2. The second-order valence-electron chi connectivity index (χ2n) is 18.0. The zero-order valence-corrected chi connectivity index (χ0v) is 32.3. The van der Waals surface area contributed by atoms with E-state index < -0.39 is 95.7 Å². The van der Waals surface area contributed by atoms with Gasteiger partial charge in [0.1, 0.15) is 36.6 Å². The average Bonchev–Trinajstić information content (AvgIpc) is 3.55. The summed E-state index contributed by atoms with van der Waals surface area (Å²) in [7, 11) is -5.02. The predicted molar refractivity (Wildman–Crippen MR) is 187 cm³/mol. The zero-order chi connectivity index (χ0) is 38.7. The second kappa shape index (κ2) is 14.0. The van der Waals surface area contributed by atoms with Crippen LogP contribution in [0.5, 0.6) is 0 Å². The fourth-order valence-corrected chi connectivity index (χ4v) is 12.9. The Kier molecular flexibility index (Phi) is 10.3. The maximum atomic E-state index is 11.7. The minimum absolute atomic E-state index is 0.0481. The third kappa shape index (κ3) is 6.39. The molecule has 1 spiro atoms. The van der Waals surface area contributed by atoms with Gasteiger partial charge in [0.05, 0.1) is 37.6 Å². The third-order valence-corrected chi connectivity index (χ3v) is 15.7. The zero-order valence-electron chi connectivity index (χ0n) is 31.4. The van der Waals surface area contributed by atoms with E-state index in [-0.39, 0.29) is 29.8 Å². The lowest BCUT2D eigenvalue weighted by atomic mass is 9.46. The summed E-state index contributed by atoms with van der Waals surface area (Å²) in [5, 5.41) is 54.1. The summed E-state index contributed by atoms with van der Waals surface area (Å²) in [5.41, 5.74) is 1.72. The molecule has 7 fully saturated rings. The number of ether oxygens (including phenoxy) is 6. The van der Waals surface area contributed by atoms with E-state index in [4.69, 9.17) is 32.6 Å². The maximum Gasteiger partial charge on any atom is 0.397 e. The lowest BCUT2D eigenvalue weighted by molar-refractivity contribution is -0.361. The van der Waals surface area contributed by atoms with Crippen LogP contribution in [0.4, 0.5) is 0 Å². The van der Waals surface area contributed by atoms with Crippen molar-refractivity contribution in [1.82, 2.24) is 0 Å². The van der Waals surface area contributed by atoms with Gasteiger partial charge in [-0.05, 0) is 74.5 Å². The fraction of sp³-hybridized carbons (Fsp3) is 0.895. The van der Waals surface area contributed by atoms with Crippen molar-refractivity contribution in [2.75, 3.05) is 13.2 Å². The van der Waals surface area contributed by atoms with Gasteiger partial charge in [-0.2, -0.15) is 8.42 Å². The van der Waals surface area contributed by atoms with Crippen molar-refractivity contribution in [3.05, 3.63) is 23.8 Å². The number of hydrogen-bond acceptors (Lipinski definition) is 14. The van der Waals surface area contributed by atoms with Crippen molar-refractivity contribution in [3.63, 3.8) is 0 Å². The standard InChI is InChI=1S/C38H58O15S/c1-17-8-11-38(48-15-17)18(2)28-25(52-38)14-24-22-7-6-20-12-21(39)13-27(37(20,5)23(22)9-10-36(24,28)4)50-35-33(30(41)26(16-47-35)53-54(44,45)46)51-34-32(43)31(42)29(40)19(3)49-34/h6,18-19,21-35,39-43H,1,7-16H2,2-5H3,(H,44,45,46)/t18?,19-,21+,22+,23-,24-,25?,26-,27+,28?,29-,30-,31+,32+,33+,34-,35-,36-,37-,38+/m0/s1. The molecule has 4 aliphatic carbocycles. The molecule has 0 aromatic heterocycles. The molecule has 0 amide bonds. The van der Waals surface area contributed by atoms with E-state index in [2.05, 4.69) is 33.4 Å². The Morgan fingerprint density at radius 2 is 1.70 bits per heavy atom. The first-order chi connectivity index (χ1) is 25.4. The van der Waals surface area contributed by atoms with Crippen LogP contribution in [-0.2, 0) is 43.0 Å². The molecular formula is C38H58O15S. The molecule has 0 bridgehead atoms. The highest BCUT2D eigenvalue weighted by molar-refractivity contribution is 7.80. The molecule has 16 heteroatoms. The van der Waals surface area contributed by atoms with Crippen LogP contribution >= 0.6 is 0 Å². The van der Waals surface area contributed by atoms with Gasteiger partial charge >= 0.3 is 10.4 Å². The Labute approximate surface area is 316 Å². The minimum Gasteiger partial charge on any atom is -0.393 e. The number of allylic oxidation sites excluding steroid dienone is 1. The number of rotatable bonds is 6. The van der Waals surface area contributed by atoms with Crippen LogP contribution in [-0.4, -0.2) is 131 Å². The van der Waals surface area contributed by atoms with Crippen molar-refractivity contribution in [2.45, 2.75) is 158 Å². The molecule has 4 aliphatic heterocycles. The molecule has 4 saturated heterocycles. The number of aliphatic hydroxyl groups is 5. The van der Waals surface area contributed by atoms with Gasteiger partial charge in [0.25, 0.3) is 0 Å². The summed E-state index contributed by atoms with van der Waals surface area (Å²) in [6.07, 6.45) is -6.40. The molecule has 8 aliphatic rings. The molecule has 3 unspecified atom stereocenters. The topological polar surface area (TPSA) is 220 Å². The van der Waals surface area contributed by atoms with Gasteiger partial charge in [0, 0.05) is 24.2 Å². The highest BCUT2D eigenvalue weighted by Gasteiger charge is 2.69. The molecule has 54 heavy (non-hydrogen) atoms. The second-order valence-corrected chi connectivity index (χ2v) is 19.0. The van der Waals surface area contributed by atoms with E-state index in [1.807, 2.05) is 0 Å². The molecule has 0 aromatic carbocycles. The Balaban J connectivity index is 1.06. The first kappa shape index (κ1) is 39.7. The summed E-state index contributed by atoms with van der Waals surface area (Å²) in [5.74, 6) is 0.946. The maximum absolute atomic E-state index is 11.7. The SMILES string of the molecule is C=C1CC[C@@]2(OC1)OC1C[C@H]3[C@@H]4CC=C5C[C@@H](O)C[C@@H](O[C@@H]6OC[C@H](OS(=O)(=O)O)[C@H](O)[C@H]6O[C@@H]6O[C@@H](C)[C@H](O)[C@@H](O)[C@H]6O)[C@]5(C)[C@H]4CC[C@]3(C)C1C2C. The molecule has 0 aromatic rings. The Morgan fingerprint density at radius 3 is 2.41 bits per heavy atom. The van der Waals surface area contributed by atoms with Gasteiger partial charge in [0.2, 0.25) is 0 Å². The van der Waals surface area contributed by atoms with Crippen LogP contribution in [0, 0.1) is 40.4 Å². The summed E-state index contributed by atoms with van der Waals surface area (Å²) in [6.45, 7) is 12.6. The monoisotopic (exact) mass is 786 g/mol. The number of aliphatic hydroxyl groups excluding tert-OH is 5. The molecule has 0 radical (unpaired) electrons. The Bertz CT molecular complexity index is 1580. The first-order valence-corrected chi connectivity index (χ1v) is 21.0.